The van der Waals surface area contributed by atoms with Gasteiger partial charge in [-0.2, -0.15) is 0 Å². The van der Waals surface area contributed by atoms with Crippen molar-refractivity contribution in [3.63, 3.8) is 0 Å². The van der Waals surface area contributed by atoms with Crippen LogP contribution in [0.25, 0.3) is 0 Å². The lowest BCUT2D eigenvalue weighted by molar-refractivity contribution is 0.354. The largest absolute Gasteiger partial charge is 0.493 e. The minimum Gasteiger partial charge on any atom is -0.493 e. The number of nitrogens with zero attached hydrogens (tertiary/aromatic N) is 2. The molecule has 0 aromatic heterocycles. The van der Waals surface area contributed by atoms with Crippen LogP contribution in [0.5, 0.6) is 11.5 Å². The van der Waals surface area contributed by atoms with Crippen molar-refractivity contribution in [3.05, 3.63) is 59.2 Å². The van der Waals surface area contributed by atoms with E-state index >= 15 is 0 Å². The van der Waals surface area contributed by atoms with Crippen LogP contribution in [-0.2, 0) is 19.5 Å². The van der Waals surface area contributed by atoms with Crippen molar-refractivity contribution in [2.75, 3.05) is 41.9 Å². The van der Waals surface area contributed by atoms with Crippen LogP contribution >= 0.6 is 24.0 Å². The summed E-state index contributed by atoms with van der Waals surface area (Å²) in [6.45, 7) is 2.43. The third kappa shape index (κ3) is 8.10. The molecule has 2 aromatic carbocycles. The molecular weight excluding hydrogens is 479 g/mol. The third-order valence-corrected chi connectivity index (χ3v) is 4.43. The van der Waals surface area contributed by atoms with Gasteiger partial charge in [-0.1, -0.05) is 30.3 Å². The number of benzene rings is 2. The monoisotopic (exact) mass is 512 g/mol. The first-order valence-corrected chi connectivity index (χ1v) is 9.44. The van der Waals surface area contributed by atoms with Gasteiger partial charge in [-0.3, -0.25) is 4.99 Å². The number of hydrogen-bond donors (Lipinski definition) is 2. The van der Waals surface area contributed by atoms with Crippen molar-refractivity contribution in [2.24, 2.45) is 4.99 Å². The maximum Gasteiger partial charge on any atom is 0.191 e. The number of guanidine groups is 1. The van der Waals surface area contributed by atoms with Gasteiger partial charge in [-0.15, -0.1) is 24.0 Å². The number of halogens is 1. The fraction of sp³-hybridized carbons (Fsp3) is 0.409. The Morgan fingerprint density at radius 1 is 0.966 bits per heavy atom. The molecule has 0 heterocycles. The molecule has 0 saturated carbocycles. The van der Waals surface area contributed by atoms with Crippen molar-refractivity contribution in [1.82, 2.24) is 15.5 Å². The van der Waals surface area contributed by atoms with Crippen molar-refractivity contribution in [3.8, 4) is 11.5 Å². The van der Waals surface area contributed by atoms with Crippen molar-refractivity contribution in [1.29, 1.82) is 0 Å². The van der Waals surface area contributed by atoms with Crippen LogP contribution in [0.3, 0.4) is 0 Å². The SMILES string of the molecule is CN=C(NCCc1ccc(OC)c(OC)c1)NCc1ccccc1CN(C)C.I. The van der Waals surface area contributed by atoms with E-state index < -0.39 is 0 Å². The fourth-order valence-electron chi connectivity index (χ4n) is 2.99. The number of nitrogens with one attached hydrogen (secondary N) is 2. The summed E-state index contributed by atoms with van der Waals surface area (Å²) in [5, 5.41) is 6.77. The zero-order chi connectivity index (χ0) is 20.4. The molecule has 7 heteroatoms. The summed E-state index contributed by atoms with van der Waals surface area (Å²) in [7, 11) is 9.25. The van der Waals surface area contributed by atoms with Crippen LogP contribution < -0.4 is 20.1 Å². The predicted octanol–water partition coefficient (Wildman–Crippen LogP) is 3.29. The Hall–Kier alpha value is -2.00. The molecule has 0 aliphatic rings. The van der Waals surface area contributed by atoms with E-state index in [0.29, 0.717) is 0 Å². The van der Waals surface area contributed by atoms with Gasteiger partial charge in [0.15, 0.2) is 17.5 Å². The van der Waals surface area contributed by atoms with Crippen molar-refractivity contribution in [2.45, 2.75) is 19.5 Å². The maximum absolute atomic E-state index is 5.37. The van der Waals surface area contributed by atoms with E-state index in [9.17, 15) is 0 Å². The average Bonchev–Trinajstić information content (AvgIpc) is 2.70. The van der Waals surface area contributed by atoms with E-state index in [0.717, 1.165) is 43.5 Å². The van der Waals surface area contributed by atoms with Crippen LogP contribution in [0.4, 0.5) is 0 Å². The van der Waals surface area contributed by atoms with Crippen LogP contribution in [0.15, 0.2) is 47.5 Å². The van der Waals surface area contributed by atoms with Gasteiger partial charge in [0.1, 0.15) is 0 Å². The lowest BCUT2D eigenvalue weighted by Gasteiger charge is -2.16. The Bertz CT molecular complexity index is 781. The molecule has 0 aliphatic carbocycles. The number of ether oxygens (including phenoxy) is 2. The summed E-state index contributed by atoms with van der Waals surface area (Å²) in [6.07, 6.45) is 0.859. The van der Waals surface area contributed by atoms with Crippen molar-refractivity contribution >= 4 is 29.9 Å². The van der Waals surface area contributed by atoms with Crippen LogP contribution in [0, 0.1) is 0 Å². The quantitative estimate of drug-likeness (QED) is 0.307. The molecule has 160 valence electrons. The molecule has 0 fully saturated rings. The molecule has 0 radical (unpaired) electrons. The highest BCUT2D eigenvalue weighted by Crippen LogP contribution is 2.27. The molecule has 2 rings (SSSR count). The lowest BCUT2D eigenvalue weighted by atomic mass is 10.1. The third-order valence-electron chi connectivity index (χ3n) is 4.43. The summed E-state index contributed by atoms with van der Waals surface area (Å²) in [6, 6.07) is 14.5. The van der Waals surface area contributed by atoms with E-state index in [1.807, 2.05) is 12.1 Å². The first-order valence-electron chi connectivity index (χ1n) is 9.44. The molecule has 0 atom stereocenters. The number of rotatable bonds is 9. The summed E-state index contributed by atoms with van der Waals surface area (Å²) < 4.78 is 10.7. The Balaban J connectivity index is 0.00000420. The molecule has 0 aliphatic heterocycles. The highest BCUT2D eigenvalue weighted by molar-refractivity contribution is 14.0. The van der Waals surface area contributed by atoms with Gasteiger partial charge in [0.05, 0.1) is 14.2 Å². The molecule has 0 spiro atoms. The topological polar surface area (TPSA) is 58.1 Å². The molecule has 2 aromatic rings. The second-order valence-corrected chi connectivity index (χ2v) is 6.80. The Morgan fingerprint density at radius 2 is 1.66 bits per heavy atom. The zero-order valence-corrected chi connectivity index (χ0v) is 20.3. The van der Waals surface area contributed by atoms with Gasteiger partial charge in [-0.25, -0.2) is 0 Å². The predicted molar refractivity (Wildman–Crippen MR) is 131 cm³/mol. The van der Waals surface area contributed by atoms with E-state index in [4.69, 9.17) is 9.47 Å². The van der Waals surface area contributed by atoms with Crippen LogP contribution in [-0.4, -0.2) is 52.8 Å². The molecule has 0 unspecified atom stereocenters. The molecule has 0 bridgehead atoms. The van der Waals surface area contributed by atoms with Gasteiger partial charge in [0, 0.05) is 26.7 Å². The highest BCUT2D eigenvalue weighted by atomic mass is 127. The van der Waals surface area contributed by atoms with Crippen molar-refractivity contribution < 1.29 is 9.47 Å². The highest BCUT2D eigenvalue weighted by Gasteiger charge is 2.06. The summed E-state index contributed by atoms with van der Waals surface area (Å²) in [5.74, 6) is 2.29. The number of methoxy groups -OCH3 is 2. The van der Waals surface area contributed by atoms with Crippen LogP contribution in [0.1, 0.15) is 16.7 Å². The van der Waals surface area contributed by atoms with E-state index in [2.05, 4.69) is 65.0 Å². The zero-order valence-electron chi connectivity index (χ0n) is 18.0. The smallest absolute Gasteiger partial charge is 0.191 e. The van der Waals surface area contributed by atoms with Gasteiger partial charge in [-0.05, 0) is 49.3 Å². The Labute approximate surface area is 191 Å². The van der Waals surface area contributed by atoms with E-state index in [1.54, 1.807) is 21.3 Å². The van der Waals surface area contributed by atoms with Gasteiger partial charge in [0.25, 0.3) is 0 Å². The first-order chi connectivity index (χ1) is 13.6. The minimum atomic E-state index is 0. The number of aliphatic imine (C=N–C) groups is 1. The van der Waals surface area contributed by atoms with Gasteiger partial charge < -0.3 is 25.0 Å². The Morgan fingerprint density at radius 3 is 2.28 bits per heavy atom. The van der Waals surface area contributed by atoms with E-state index in [1.165, 1.54) is 16.7 Å². The second-order valence-electron chi connectivity index (χ2n) is 6.80. The first kappa shape index (κ1) is 25.0. The normalized spacial score (nSPS) is 11.0. The molecule has 2 N–H and O–H groups in total. The summed E-state index contributed by atoms with van der Waals surface area (Å²) in [4.78, 5) is 6.50. The Kier molecular flexibility index (Phi) is 11.5. The molecular formula is C22H33IN4O2. The molecule has 29 heavy (non-hydrogen) atoms. The second kappa shape index (κ2) is 13.3. The summed E-state index contributed by atoms with van der Waals surface area (Å²) >= 11 is 0. The van der Waals surface area contributed by atoms with Crippen LogP contribution in [0.2, 0.25) is 0 Å². The summed E-state index contributed by atoms with van der Waals surface area (Å²) in [5.41, 5.74) is 3.77. The van der Waals surface area contributed by atoms with Gasteiger partial charge >= 0.3 is 0 Å². The minimum absolute atomic E-state index is 0. The van der Waals surface area contributed by atoms with Gasteiger partial charge in [0.2, 0.25) is 0 Å². The maximum atomic E-state index is 5.37. The fourth-order valence-corrected chi connectivity index (χ4v) is 2.99. The van der Waals surface area contributed by atoms with E-state index in [-0.39, 0.29) is 24.0 Å². The standard InChI is InChI=1S/C22H32N4O2.HI/c1-23-22(25-15-18-8-6-7-9-19(18)16-26(2)3)24-13-12-17-10-11-20(27-4)21(14-17)28-5;/h6-11,14H,12-13,15-16H2,1-5H3,(H2,23,24,25);1H. The number of hydrogen-bond acceptors (Lipinski definition) is 4. The molecule has 0 saturated heterocycles. The average molecular weight is 512 g/mol. The molecule has 0 amide bonds. The molecule has 6 nitrogen and oxygen atoms in total. The lowest BCUT2D eigenvalue weighted by Crippen LogP contribution is -2.38.